The molecule has 0 aliphatic carbocycles. The summed E-state index contributed by atoms with van der Waals surface area (Å²) in [6, 6.07) is 9.26. The van der Waals surface area contributed by atoms with E-state index in [9.17, 15) is 9.59 Å². The Balaban J connectivity index is 1.69. The lowest BCUT2D eigenvalue weighted by Gasteiger charge is -2.16. The summed E-state index contributed by atoms with van der Waals surface area (Å²) in [5.41, 5.74) is 2.29. The highest BCUT2D eigenvalue weighted by atomic mass is 127. The zero-order valence-electron chi connectivity index (χ0n) is 11.1. The van der Waals surface area contributed by atoms with Crippen LogP contribution in [0.1, 0.15) is 23.2 Å². The van der Waals surface area contributed by atoms with Crippen LogP contribution in [0.25, 0.3) is 0 Å². The van der Waals surface area contributed by atoms with Crippen LogP contribution in [0.2, 0.25) is 0 Å². The molecule has 21 heavy (non-hydrogen) atoms. The van der Waals surface area contributed by atoms with E-state index in [1.807, 2.05) is 35.7 Å². The number of hydrogen-bond donors (Lipinski definition) is 1. The molecule has 1 aliphatic heterocycles. The van der Waals surface area contributed by atoms with Gasteiger partial charge in [-0.1, -0.05) is 0 Å². The van der Waals surface area contributed by atoms with Crippen molar-refractivity contribution in [1.82, 2.24) is 0 Å². The van der Waals surface area contributed by atoms with Crippen LogP contribution in [0.15, 0.2) is 35.7 Å². The van der Waals surface area contributed by atoms with Gasteiger partial charge in [0.15, 0.2) is 0 Å². The average Bonchev–Trinajstić information content (AvgIpc) is 3.08. The minimum atomic E-state index is -0.112. The van der Waals surface area contributed by atoms with E-state index in [4.69, 9.17) is 0 Å². The maximum atomic E-state index is 12.0. The molecule has 2 heterocycles. The fraction of sp³-hybridized carbons (Fsp3) is 0.200. The van der Waals surface area contributed by atoms with Crippen molar-refractivity contribution in [2.24, 2.45) is 0 Å². The second kappa shape index (κ2) is 6.15. The fourth-order valence-corrected chi connectivity index (χ4v) is 3.60. The van der Waals surface area contributed by atoms with Gasteiger partial charge in [0.1, 0.15) is 0 Å². The molecule has 1 aliphatic rings. The van der Waals surface area contributed by atoms with E-state index in [2.05, 4.69) is 27.9 Å². The van der Waals surface area contributed by atoms with Gasteiger partial charge in [0.25, 0.3) is 5.91 Å². The van der Waals surface area contributed by atoms with E-state index in [0.717, 1.165) is 27.2 Å². The van der Waals surface area contributed by atoms with Gasteiger partial charge in [-0.25, -0.2) is 0 Å². The first kappa shape index (κ1) is 14.5. The number of thiophene rings is 1. The third-order valence-corrected chi connectivity index (χ3v) is 5.13. The van der Waals surface area contributed by atoms with Crippen molar-refractivity contribution in [3.8, 4) is 0 Å². The molecule has 2 amide bonds. The van der Waals surface area contributed by atoms with Gasteiger partial charge in [-0.3, -0.25) is 9.59 Å². The van der Waals surface area contributed by atoms with Gasteiger partial charge in [-0.15, -0.1) is 11.3 Å². The summed E-state index contributed by atoms with van der Waals surface area (Å²) in [4.78, 5) is 25.5. The van der Waals surface area contributed by atoms with E-state index in [1.165, 1.54) is 0 Å². The van der Waals surface area contributed by atoms with Crippen molar-refractivity contribution in [2.75, 3.05) is 16.8 Å². The third-order valence-electron chi connectivity index (χ3n) is 3.34. The number of anilines is 2. The van der Waals surface area contributed by atoms with Gasteiger partial charge in [-0.2, -0.15) is 0 Å². The summed E-state index contributed by atoms with van der Waals surface area (Å²) in [6.45, 7) is 0.776. The Kier molecular flexibility index (Phi) is 4.25. The molecule has 6 heteroatoms. The van der Waals surface area contributed by atoms with Crippen molar-refractivity contribution >= 4 is 57.1 Å². The second-order valence-electron chi connectivity index (χ2n) is 4.79. The van der Waals surface area contributed by atoms with Crippen molar-refractivity contribution in [1.29, 1.82) is 0 Å². The minimum absolute atomic E-state index is 0.112. The van der Waals surface area contributed by atoms with E-state index in [-0.39, 0.29) is 11.8 Å². The van der Waals surface area contributed by atoms with Gasteiger partial charge < -0.3 is 10.2 Å². The summed E-state index contributed by atoms with van der Waals surface area (Å²) in [5.74, 6) is 0.0544. The Morgan fingerprint density at radius 3 is 2.62 bits per heavy atom. The molecule has 0 atom stereocenters. The molecule has 1 aromatic carbocycles. The quantitative estimate of drug-likeness (QED) is 0.782. The number of hydrogen-bond acceptors (Lipinski definition) is 3. The number of benzene rings is 1. The molecule has 1 fully saturated rings. The van der Waals surface area contributed by atoms with Crippen LogP contribution >= 0.6 is 33.9 Å². The Bertz CT molecular complexity index is 681. The molecule has 108 valence electrons. The van der Waals surface area contributed by atoms with Crippen LogP contribution in [0.3, 0.4) is 0 Å². The highest BCUT2D eigenvalue weighted by Gasteiger charge is 2.21. The van der Waals surface area contributed by atoms with Gasteiger partial charge in [0.2, 0.25) is 5.91 Å². The van der Waals surface area contributed by atoms with Crippen LogP contribution in [0.4, 0.5) is 11.4 Å². The topological polar surface area (TPSA) is 49.4 Å². The summed E-state index contributed by atoms with van der Waals surface area (Å²) in [7, 11) is 0. The molecule has 0 saturated carbocycles. The van der Waals surface area contributed by atoms with E-state index in [0.29, 0.717) is 12.0 Å². The number of carbonyl (C=O) groups is 2. The van der Waals surface area contributed by atoms with E-state index >= 15 is 0 Å². The molecule has 0 bridgehead atoms. The molecular formula is C15H13IN2O2S. The van der Waals surface area contributed by atoms with Gasteiger partial charge in [0, 0.05) is 29.7 Å². The van der Waals surface area contributed by atoms with Crippen molar-refractivity contribution in [3.05, 3.63) is 44.2 Å². The number of amides is 2. The normalized spacial score (nSPS) is 14.5. The van der Waals surface area contributed by atoms with Crippen LogP contribution in [-0.2, 0) is 4.79 Å². The number of carbonyl (C=O) groups excluding carboxylic acids is 2. The minimum Gasteiger partial charge on any atom is -0.322 e. The van der Waals surface area contributed by atoms with Crippen LogP contribution < -0.4 is 10.2 Å². The predicted molar refractivity (Wildman–Crippen MR) is 93.0 cm³/mol. The molecule has 2 aromatic rings. The lowest BCUT2D eigenvalue weighted by molar-refractivity contribution is -0.117. The number of nitrogens with zero attached hydrogens (tertiary/aromatic N) is 1. The molecule has 3 rings (SSSR count). The Morgan fingerprint density at radius 1 is 1.29 bits per heavy atom. The van der Waals surface area contributed by atoms with Crippen molar-refractivity contribution in [2.45, 2.75) is 12.8 Å². The van der Waals surface area contributed by atoms with Gasteiger partial charge >= 0.3 is 0 Å². The molecule has 1 N–H and O–H groups in total. The highest BCUT2D eigenvalue weighted by molar-refractivity contribution is 14.1. The highest BCUT2D eigenvalue weighted by Crippen LogP contribution is 2.23. The largest absolute Gasteiger partial charge is 0.322 e. The fourth-order valence-electron chi connectivity index (χ4n) is 2.28. The van der Waals surface area contributed by atoms with E-state index in [1.54, 1.807) is 16.2 Å². The summed E-state index contributed by atoms with van der Waals surface area (Å²) in [6.07, 6.45) is 1.53. The Labute approximate surface area is 140 Å². The summed E-state index contributed by atoms with van der Waals surface area (Å²) >= 11 is 3.74. The van der Waals surface area contributed by atoms with Crippen LogP contribution in [0, 0.1) is 2.88 Å². The Morgan fingerprint density at radius 2 is 2.05 bits per heavy atom. The third kappa shape index (κ3) is 3.26. The second-order valence-corrected chi connectivity index (χ2v) is 7.59. The monoisotopic (exact) mass is 412 g/mol. The molecular weight excluding hydrogens is 399 g/mol. The number of nitrogens with one attached hydrogen (secondary N) is 1. The lowest BCUT2D eigenvalue weighted by atomic mass is 10.2. The Hall–Kier alpha value is -1.41. The smallest absolute Gasteiger partial charge is 0.256 e. The first-order valence-corrected chi connectivity index (χ1v) is 8.55. The van der Waals surface area contributed by atoms with Crippen LogP contribution in [0.5, 0.6) is 0 Å². The van der Waals surface area contributed by atoms with Gasteiger partial charge in [-0.05, 0) is 59.3 Å². The molecule has 1 aromatic heterocycles. The first-order chi connectivity index (χ1) is 10.1. The van der Waals surface area contributed by atoms with Gasteiger partial charge in [0.05, 0.1) is 8.45 Å². The maximum Gasteiger partial charge on any atom is 0.256 e. The molecule has 1 saturated heterocycles. The van der Waals surface area contributed by atoms with E-state index < -0.39 is 0 Å². The molecule has 0 unspecified atom stereocenters. The molecule has 0 spiro atoms. The number of halogens is 1. The number of rotatable bonds is 3. The first-order valence-electron chi connectivity index (χ1n) is 6.59. The molecule has 4 nitrogen and oxygen atoms in total. The SMILES string of the molecule is O=C(Nc1ccc(N2CCCC2=O)cc1)c1csc(I)c1. The lowest BCUT2D eigenvalue weighted by Crippen LogP contribution is -2.23. The maximum absolute atomic E-state index is 12.0. The average molecular weight is 412 g/mol. The standard InChI is InChI=1S/C15H13IN2O2S/c16-13-8-10(9-21-13)15(20)17-11-3-5-12(6-4-11)18-7-1-2-14(18)19/h3-6,8-9H,1-2,7H2,(H,17,20). The predicted octanol–water partition coefficient (Wildman–Crippen LogP) is 3.73. The van der Waals surface area contributed by atoms with Crippen molar-refractivity contribution < 1.29 is 9.59 Å². The zero-order chi connectivity index (χ0) is 14.8. The van der Waals surface area contributed by atoms with Crippen LogP contribution in [-0.4, -0.2) is 18.4 Å². The summed E-state index contributed by atoms with van der Waals surface area (Å²) in [5, 5.41) is 4.70. The molecule has 0 radical (unpaired) electrons. The summed E-state index contributed by atoms with van der Waals surface area (Å²) < 4.78 is 1.08. The zero-order valence-corrected chi connectivity index (χ0v) is 14.1. The van der Waals surface area contributed by atoms with Crippen molar-refractivity contribution in [3.63, 3.8) is 0 Å².